The standard InChI is InChI=1S/C14H12ClFN2O/c1-19-14-7-6-10(8-12(14)16)9-17-18-13-5-3-2-4-11(13)15/h2-9,18H,1H3/b17-9-. The summed E-state index contributed by atoms with van der Waals surface area (Å²) in [6.07, 6.45) is 1.51. The molecule has 0 radical (unpaired) electrons. The van der Waals surface area contributed by atoms with Gasteiger partial charge in [-0.1, -0.05) is 23.7 Å². The van der Waals surface area contributed by atoms with Crippen molar-refractivity contribution in [3.8, 4) is 5.75 Å². The Hall–Kier alpha value is -2.07. The third kappa shape index (κ3) is 3.45. The van der Waals surface area contributed by atoms with Crippen molar-refractivity contribution in [2.45, 2.75) is 0 Å². The van der Waals surface area contributed by atoms with Crippen LogP contribution in [-0.2, 0) is 0 Å². The van der Waals surface area contributed by atoms with E-state index in [1.807, 2.05) is 12.1 Å². The first-order valence-electron chi connectivity index (χ1n) is 5.58. The van der Waals surface area contributed by atoms with Gasteiger partial charge < -0.3 is 4.74 Å². The Morgan fingerprint density at radius 2 is 2.05 bits per heavy atom. The number of hydrogen-bond donors (Lipinski definition) is 1. The predicted molar refractivity (Wildman–Crippen MR) is 75.6 cm³/mol. The fraction of sp³-hybridized carbons (Fsp3) is 0.0714. The molecule has 0 heterocycles. The predicted octanol–water partition coefficient (Wildman–Crippen LogP) is 3.93. The van der Waals surface area contributed by atoms with Crippen molar-refractivity contribution in [1.82, 2.24) is 0 Å². The lowest BCUT2D eigenvalue weighted by Gasteiger charge is -2.03. The van der Waals surface area contributed by atoms with E-state index in [0.717, 1.165) is 0 Å². The lowest BCUT2D eigenvalue weighted by atomic mass is 10.2. The van der Waals surface area contributed by atoms with Crippen LogP contribution in [0.4, 0.5) is 10.1 Å². The molecular weight excluding hydrogens is 267 g/mol. The van der Waals surface area contributed by atoms with Gasteiger partial charge in [-0.25, -0.2) is 4.39 Å². The molecule has 0 aliphatic carbocycles. The van der Waals surface area contributed by atoms with E-state index < -0.39 is 5.82 Å². The maximum absolute atomic E-state index is 13.4. The Morgan fingerprint density at radius 1 is 1.26 bits per heavy atom. The highest BCUT2D eigenvalue weighted by Crippen LogP contribution is 2.20. The summed E-state index contributed by atoms with van der Waals surface area (Å²) in [5, 5.41) is 4.57. The molecule has 19 heavy (non-hydrogen) atoms. The summed E-state index contributed by atoms with van der Waals surface area (Å²) in [4.78, 5) is 0. The van der Waals surface area contributed by atoms with Crippen LogP contribution < -0.4 is 10.2 Å². The summed E-state index contributed by atoms with van der Waals surface area (Å²) in [6, 6.07) is 11.8. The molecule has 0 amide bonds. The minimum absolute atomic E-state index is 0.205. The maximum atomic E-state index is 13.4. The average Bonchev–Trinajstić information content (AvgIpc) is 2.41. The SMILES string of the molecule is COc1ccc(/C=N\Nc2ccccc2Cl)cc1F. The maximum Gasteiger partial charge on any atom is 0.165 e. The first-order valence-corrected chi connectivity index (χ1v) is 5.95. The third-order valence-electron chi connectivity index (χ3n) is 2.45. The van der Waals surface area contributed by atoms with Crippen molar-refractivity contribution < 1.29 is 9.13 Å². The second kappa shape index (κ2) is 6.20. The Balaban J connectivity index is 2.07. The second-order valence-electron chi connectivity index (χ2n) is 3.74. The highest BCUT2D eigenvalue weighted by molar-refractivity contribution is 6.33. The van der Waals surface area contributed by atoms with Crippen LogP contribution in [-0.4, -0.2) is 13.3 Å². The molecule has 0 fully saturated rings. The van der Waals surface area contributed by atoms with Crippen LogP contribution in [0.2, 0.25) is 5.02 Å². The molecule has 0 atom stereocenters. The molecule has 98 valence electrons. The summed E-state index contributed by atoms with van der Waals surface area (Å²) in [6.45, 7) is 0. The molecule has 2 rings (SSSR count). The van der Waals surface area contributed by atoms with Gasteiger partial charge in [-0.05, 0) is 35.9 Å². The summed E-state index contributed by atoms with van der Waals surface area (Å²) in [5.41, 5.74) is 4.11. The van der Waals surface area contributed by atoms with Gasteiger partial charge in [0.05, 0.1) is 24.0 Å². The van der Waals surface area contributed by atoms with E-state index in [1.165, 1.54) is 19.4 Å². The quantitative estimate of drug-likeness (QED) is 0.679. The molecule has 0 aromatic heterocycles. The summed E-state index contributed by atoms with van der Waals surface area (Å²) < 4.78 is 18.3. The molecule has 0 aliphatic heterocycles. The Kier molecular flexibility index (Phi) is 4.36. The molecule has 2 aromatic carbocycles. The van der Waals surface area contributed by atoms with E-state index in [9.17, 15) is 4.39 Å². The summed E-state index contributed by atoms with van der Waals surface area (Å²) in [5.74, 6) is -0.222. The van der Waals surface area contributed by atoms with E-state index in [-0.39, 0.29) is 5.75 Å². The van der Waals surface area contributed by atoms with E-state index >= 15 is 0 Å². The van der Waals surface area contributed by atoms with Gasteiger partial charge in [-0.2, -0.15) is 5.10 Å². The van der Waals surface area contributed by atoms with Crippen molar-refractivity contribution in [3.63, 3.8) is 0 Å². The van der Waals surface area contributed by atoms with Gasteiger partial charge >= 0.3 is 0 Å². The number of para-hydroxylation sites is 1. The summed E-state index contributed by atoms with van der Waals surface area (Å²) in [7, 11) is 1.42. The number of hydrazone groups is 1. The zero-order valence-electron chi connectivity index (χ0n) is 10.2. The van der Waals surface area contributed by atoms with Crippen molar-refractivity contribution in [3.05, 3.63) is 58.9 Å². The zero-order valence-corrected chi connectivity index (χ0v) is 11.0. The number of benzene rings is 2. The third-order valence-corrected chi connectivity index (χ3v) is 2.78. The van der Waals surface area contributed by atoms with E-state index in [2.05, 4.69) is 10.5 Å². The van der Waals surface area contributed by atoms with Crippen molar-refractivity contribution in [1.29, 1.82) is 0 Å². The monoisotopic (exact) mass is 278 g/mol. The van der Waals surface area contributed by atoms with Gasteiger partial charge in [-0.3, -0.25) is 5.43 Å². The number of hydrogen-bond acceptors (Lipinski definition) is 3. The molecule has 0 saturated carbocycles. The zero-order chi connectivity index (χ0) is 13.7. The lowest BCUT2D eigenvalue weighted by Crippen LogP contribution is -1.93. The molecular formula is C14H12ClFN2O. The number of rotatable bonds is 4. The fourth-order valence-corrected chi connectivity index (χ4v) is 1.67. The molecule has 3 nitrogen and oxygen atoms in total. The minimum Gasteiger partial charge on any atom is -0.494 e. The van der Waals surface area contributed by atoms with Gasteiger partial charge in [0.2, 0.25) is 0 Å². The molecule has 1 N–H and O–H groups in total. The summed E-state index contributed by atoms with van der Waals surface area (Å²) >= 11 is 5.96. The van der Waals surface area contributed by atoms with E-state index in [4.69, 9.17) is 16.3 Å². The van der Waals surface area contributed by atoms with Crippen LogP contribution in [0.5, 0.6) is 5.75 Å². The Labute approximate surface area is 115 Å². The number of nitrogens with one attached hydrogen (secondary N) is 1. The number of nitrogens with zero attached hydrogens (tertiary/aromatic N) is 1. The number of methoxy groups -OCH3 is 1. The van der Waals surface area contributed by atoms with Crippen molar-refractivity contribution in [2.24, 2.45) is 5.10 Å². The molecule has 0 unspecified atom stereocenters. The van der Waals surface area contributed by atoms with Crippen molar-refractivity contribution >= 4 is 23.5 Å². The van der Waals surface area contributed by atoms with Crippen LogP contribution in [0, 0.1) is 5.82 Å². The highest BCUT2D eigenvalue weighted by Gasteiger charge is 2.01. The Morgan fingerprint density at radius 3 is 2.74 bits per heavy atom. The van der Waals surface area contributed by atoms with Crippen molar-refractivity contribution in [2.75, 3.05) is 12.5 Å². The molecule has 0 bridgehead atoms. The van der Waals surface area contributed by atoms with Crippen LogP contribution in [0.3, 0.4) is 0 Å². The minimum atomic E-state index is -0.427. The largest absolute Gasteiger partial charge is 0.494 e. The van der Waals surface area contributed by atoms with Crippen LogP contribution in [0.1, 0.15) is 5.56 Å². The normalized spacial score (nSPS) is 10.7. The molecule has 0 saturated heterocycles. The molecule has 5 heteroatoms. The molecule has 0 spiro atoms. The lowest BCUT2D eigenvalue weighted by molar-refractivity contribution is 0.386. The van der Waals surface area contributed by atoms with Crippen LogP contribution >= 0.6 is 11.6 Å². The number of anilines is 1. The first-order chi connectivity index (χ1) is 9.20. The van der Waals surface area contributed by atoms with Gasteiger partial charge in [-0.15, -0.1) is 0 Å². The van der Waals surface area contributed by atoms with Gasteiger partial charge in [0.15, 0.2) is 11.6 Å². The molecule has 2 aromatic rings. The van der Waals surface area contributed by atoms with E-state index in [0.29, 0.717) is 16.3 Å². The Bertz CT molecular complexity index is 602. The van der Waals surface area contributed by atoms with Gasteiger partial charge in [0.1, 0.15) is 0 Å². The number of ether oxygens (including phenoxy) is 1. The fourth-order valence-electron chi connectivity index (χ4n) is 1.49. The average molecular weight is 279 g/mol. The number of halogens is 2. The topological polar surface area (TPSA) is 33.6 Å². The van der Waals surface area contributed by atoms with Gasteiger partial charge in [0, 0.05) is 0 Å². The second-order valence-corrected chi connectivity index (χ2v) is 4.15. The highest BCUT2D eigenvalue weighted by atomic mass is 35.5. The van der Waals surface area contributed by atoms with Gasteiger partial charge in [0.25, 0.3) is 0 Å². The molecule has 0 aliphatic rings. The van der Waals surface area contributed by atoms with Crippen LogP contribution in [0.15, 0.2) is 47.6 Å². The van der Waals surface area contributed by atoms with Crippen LogP contribution in [0.25, 0.3) is 0 Å². The smallest absolute Gasteiger partial charge is 0.165 e. The van der Waals surface area contributed by atoms with E-state index in [1.54, 1.807) is 24.3 Å². The first kappa shape index (κ1) is 13.4.